The number of fused-ring (bicyclic) bond motifs is 1. The lowest BCUT2D eigenvalue weighted by molar-refractivity contribution is -0.119. The van der Waals surface area contributed by atoms with Crippen LogP contribution in [0.3, 0.4) is 0 Å². The van der Waals surface area contributed by atoms with E-state index in [2.05, 4.69) is 5.32 Å². The maximum atomic E-state index is 13.1. The van der Waals surface area contributed by atoms with Crippen LogP contribution >= 0.6 is 11.6 Å². The second-order valence-corrected chi connectivity index (χ2v) is 11.0. The lowest BCUT2D eigenvalue weighted by Crippen LogP contribution is -2.30. The number of anilines is 2. The molecule has 2 amide bonds. The molecule has 2 aromatic rings. The van der Waals surface area contributed by atoms with Crippen LogP contribution in [0.1, 0.15) is 31.7 Å². The van der Waals surface area contributed by atoms with Gasteiger partial charge < -0.3 is 15.0 Å². The Balaban J connectivity index is 1.44. The van der Waals surface area contributed by atoms with Gasteiger partial charge in [-0.15, -0.1) is 0 Å². The molecular weight excluding hydrogens is 452 g/mol. The van der Waals surface area contributed by atoms with Crippen molar-refractivity contribution in [3.05, 3.63) is 47.0 Å². The lowest BCUT2D eigenvalue weighted by Gasteiger charge is -2.18. The van der Waals surface area contributed by atoms with Crippen LogP contribution in [0.5, 0.6) is 5.75 Å². The molecule has 1 heterocycles. The number of halogens is 1. The van der Waals surface area contributed by atoms with Crippen molar-refractivity contribution >= 4 is 44.6 Å². The van der Waals surface area contributed by atoms with Crippen LogP contribution < -0.4 is 15.0 Å². The van der Waals surface area contributed by atoms with Gasteiger partial charge in [-0.3, -0.25) is 9.59 Å². The topological polar surface area (TPSA) is 92.8 Å². The number of nitrogens with one attached hydrogen (secondary N) is 1. The number of hydrogen-bond donors (Lipinski definition) is 1. The third-order valence-corrected chi connectivity index (χ3v) is 8.34. The zero-order valence-corrected chi connectivity index (χ0v) is 19.5. The molecular formula is C23H25ClN2O5S. The minimum atomic E-state index is -3.72. The summed E-state index contributed by atoms with van der Waals surface area (Å²) < 4.78 is 31.3. The average molecular weight is 477 g/mol. The summed E-state index contributed by atoms with van der Waals surface area (Å²) in [4.78, 5) is 26.8. The molecule has 170 valence electrons. The molecule has 2 aromatic carbocycles. The normalized spacial score (nSPS) is 16.4. The minimum absolute atomic E-state index is 0.114. The molecule has 0 saturated heterocycles. The predicted molar refractivity (Wildman–Crippen MR) is 123 cm³/mol. The monoisotopic (exact) mass is 476 g/mol. The first-order chi connectivity index (χ1) is 15.2. The van der Waals surface area contributed by atoms with E-state index < -0.39 is 21.0 Å². The van der Waals surface area contributed by atoms with Crippen LogP contribution in [0.25, 0.3) is 0 Å². The Hall–Kier alpha value is -2.58. The molecule has 1 N–H and O–H groups in total. The van der Waals surface area contributed by atoms with Crippen LogP contribution in [-0.2, 0) is 25.8 Å². The van der Waals surface area contributed by atoms with Gasteiger partial charge in [0.15, 0.2) is 9.84 Å². The molecule has 0 bridgehead atoms. The summed E-state index contributed by atoms with van der Waals surface area (Å²) in [6.45, 7) is 2.10. The quantitative estimate of drug-likeness (QED) is 0.655. The SMILES string of the molecule is COc1ccc(NC(=O)C[C@@H](C)S(=O)(=O)c2ccc3c(c2)CCN3C(=O)C2CC2)cc1Cl. The summed E-state index contributed by atoms with van der Waals surface area (Å²) >= 11 is 6.07. The molecule has 4 rings (SSSR count). The zero-order chi connectivity index (χ0) is 23.0. The van der Waals surface area contributed by atoms with E-state index in [0.29, 0.717) is 29.4 Å². The summed E-state index contributed by atoms with van der Waals surface area (Å²) in [5, 5.41) is 2.11. The number of nitrogens with zero attached hydrogens (tertiary/aromatic N) is 1. The van der Waals surface area contributed by atoms with Gasteiger partial charge in [0.1, 0.15) is 5.75 Å². The Kier molecular flexibility index (Phi) is 6.18. The van der Waals surface area contributed by atoms with Gasteiger partial charge in [0.2, 0.25) is 11.8 Å². The van der Waals surface area contributed by atoms with Crippen LogP contribution in [0, 0.1) is 5.92 Å². The Morgan fingerprint density at radius 1 is 1.22 bits per heavy atom. The van der Waals surface area contributed by atoms with E-state index in [1.54, 1.807) is 35.2 Å². The summed E-state index contributed by atoms with van der Waals surface area (Å²) in [5.74, 6) is 0.297. The number of carbonyl (C=O) groups is 2. The molecule has 0 radical (unpaired) electrons. The molecule has 7 nitrogen and oxygen atoms in total. The fourth-order valence-corrected chi connectivity index (χ4v) is 5.55. The number of ether oxygens (including phenoxy) is 1. The highest BCUT2D eigenvalue weighted by molar-refractivity contribution is 7.92. The van der Waals surface area contributed by atoms with Crippen LogP contribution in [0.15, 0.2) is 41.3 Å². The van der Waals surface area contributed by atoms with Crippen LogP contribution in [0.2, 0.25) is 5.02 Å². The first-order valence-corrected chi connectivity index (χ1v) is 12.4. The number of benzene rings is 2. The first kappa shape index (κ1) is 22.6. The van der Waals surface area contributed by atoms with Gasteiger partial charge in [-0.05, 0) is 68.1 Å². The number of amides is 2. The van der Waals surface area contributed by atoms with E-state index in [-0.39, 0.29) is 23.1 Å². The second kappa shape index (κ2) is 8.75. The van der Waals surface area contributed by atoms with Crippen LogP contribution in [0.4, 0.5) is 11.4 Å². The summed E-state index contributed by atoms with van der Waals surface area (Å²) in [5.41, 5.74) is 2.11. The molecule has 1 atom stereocenters. The number of methoxy groups -OCH3 is 1. The second-order valence-electron chi connectivity index (χ2n) is 8.26. The van der Waals surface area contributed by atoms with Gasteiger partial charge >= 0.3 is 0 Å². The number of carbonyl (C=O) groups excluding carboxylic acids is 2. The standard InChI is InChI=1S/C23H25ClN2O5S/c1-14(11-22(27)25-17-5-8-21(31-2)19(24)13-17)32(29,30)18-6-7-20-16(12-18)9-10-26(20)23(28)15-3-4-15/h5-8,12-15H,3-4,9-11H2,1-2H3,(H,25,27)/t14-/m1/s1. The van der Waals surface area contributed by atoms with Crippen molar-refractivity contribution in [2.75, 3.05) is 23.9 Å². The van der Waals surface area contributed by atoms with Gasteiger partial charge in [-0.25, -0.2) is 8.42 Å². The van der Waals surface area contributed by atoms with Crippen molar-refractivity contribution in [3.63, 3.8) is 0 Å². The summed E-state index contributed by atoms with van der Waals surface area (Å²) in [7, 11) is -2.23. The number of hydrogen-bond acceptors (Lipinski definition) is 5. The largest absolute Gasteiger partial charge is 0.495 e. The lowest BCUT2D eigenvalue weighted by atomic mass is 10.2. The molecule has 1 aliphatic carbocycles. The molecule has 32 heavy (non-hydrogen) atoms. The molecule has 0 unspecified atom stereocenters. The fourth-order valence-electron chi connectivity index (χ4n) is 3.89. The molecule has 9 heteroatoms. The zero-order valence-electron chi connectivity index (χ0n) is 17.9. The van der Waals surface area contributed by atoms with Crippen molar-refractivity contribution < 1.29 is 22.7 Å². The fraction of sp³-hybridized carbons (Fsp3) is 0.391. The van der Waals surface area contributed by atoms with Crippen molar-refractivity contribution in [1.82, 2.24) is 0 Å². The molecule has 1 fully saturated rings. The van der Waals surface area contributed by atoms with E-state index in [1.807, 2.05) is 0 Å². The molecule has 2 aliphatic rings. The van der Waals surface area contributed by atoms with Crippen molar-refractivity contribution in [2.24, 2.45) is 5.92 Å². The van der Waals surface area contributed by atoms with Crippen molar-refractivity contribution in [3.8, 4) is 5.75 Å². The highest BCUT2D eigenvalue weighted by atomic mass is 35.5. The Bertz CT molecular complexity index is 1180. The van der Waals surface area contributed by atoms with Gasteiger partial charge in [-0.2, -0.15) is 0 Å². The smallest absolute Gasteiger partial charge is 0.230 e. The maximum Gasteiger partial charge on any atom is 0.230 e. The number of rotatable bonds is 7. The third kappa shape index (κ3) is 4.47. The Morgan fingerprint density at radius 2 is 1.97 bits per heavy atom. The predicted octanol–water partition coefficient (Wildman–Crippen LogP) is 3.84. The molecule has 0 spiro atoms. The van der Waals surface area contributed by atoms with Gasteiger partial charge in [0, 0.05) is 30.3 Å². The molecule has 1 aliphatic heterocycles. The van der Waals surface area contributed by atoms with Gasteiger partial charge in [-0.1, -0.05) is 11.6 Å². The van der Waals surface area contributed by atoms with E-state index in [4.69, 9.17) is 16.3 Å². The summed E-state index contributed by atoms with van der Waals surface area (Å²) in [6, 6.07) is 9.69. The Morgan fingerprint density at radius 3 is 2.62 bits per heavy atom. The summed E-state index contributed by atoms with van der Waals surface area (Å²) in [6.07, 6.45) is 2.29. The van der Waals surface area contributed by atoms with Crippen molar-refractivity contribution in [1.29, 1.82) is 0 Å². The van der Waals surface area contributed by atoms with E-state index in [9.17, 15) is 18.0 Å². The maximum absolute atomic E-state index is 13.1. The van der Waals surface area contributed by atoms with Crippen molar-refractivity contribution in [2.45, 2.75) is 42.8 Å². The van der Waals surface area contributed by atoms with E-state index in [1.165, 1.54) is 20.1 Å². The molecule has 0 aromatic heterocycles. The average Bonchev–Trinajstić information content (AvgIpc) is 3.52. The highest BCUT2D eigenvalue weighted by Crippen LogP contribution is 2.37. The van der Waals surface area contributed by atoms with E-state index >= 15 is 0 Å². The van der Waals surface area contributed by atoms with E-state index in [0.717, 1.165) is 24.1 Å². The molecule has 1 saturated carbocycles. The van der Waals surface area contributed by atoms with Gasteiger partial charge in [0.25, 0.3) is 0 Å². The van der Waals surface area contributed by atoms with Gasteiger partial charge in [0.05, 0.1) is 22.3 Å². The number of sulfone groups is 1. The third-order valence-electron chi connectivity index (χ3n) is 5.91. The van der Waals surface area contributed by atoms with Crippen LogP contribution in [-0.4, -0.2) is 39.1 Å². The first-order valence-electron chi connectivity index (χ1n) is 10.5. The Labute approximate surface area is 192 Å². The minimum Gasteiger partial charge on any atom is -0.495 e. The highest BCUT2D eigenvalue weighted by Gasteiger charge is 2.37.